The second-order valence-electron chi connectivity index (χ2n) is 18.4. The van der Waals surface area contributed by atoms with Crippen molar-refractivity contribution in [3.05, 3.63) is 12.2 Å². The summed E-state index contributed by atoms with van der Waals surface area (Å²) in [5.74, 6) is -235. The van der Waals surface area contributed by atoms with Gasteiger partial charge in [-0.3, -0.25) is 0 Å². The first-order chi connectivity index (χ1) is 40.8. The maximum absolute atomic E-state index is 14.3. The molecule has 0 aromatic heterocycles. The maximum Gasteiger partial charge on any atom is 0.460 e. The number of carbonyl (C=O) groups is 2. The monoisotopic (exact) mass is 1570 g/mol. The van der Waals surface area contributed by atoms with E-state index in [0.29, 0.717) is 0 Å². The maximum atomic E-state index is 14.3. The molecule has 0 aliphatic rings. The molecule has 0 saturated heterocycles. The third-order valence-corrected chi connectivity index (χ3v) is 11.7. The molecule has 0 heterocycles. The van der Waals surface area contributed by atoms with Crippen molar-refractivity contribution in [2.24, 2.45) is 0 Å². The van der Waals surface area contributed by atoms with Gasteiger partial charge in [-0.25, -0.2) is 9.59 Å². The molecule has 2 N–H and O–H groups in total. The standard InChI is InChI=1S/C36H14F54O6/c37-11(38,13(41,42)15(45,46)17(49,50)19(53,54)21(57,58)23(61,62)25(65,66)27(69,70)29(73,74)31(77,78)33(81,82)35(85,86)87)3-7(91)5-95-9(93)1-2-10(94)96-6-8(92)4-12(39,40)14(43,44)16(47,48)18(51,52)20(55,56)22(59,60)24(63,64)26(67,68)28(71,72)30(75,76)32(79,80)34(83,84)36(88,89)90/h1-2,7-8,91-92H,3-6H2/b2-1-. The molecule has 0 saturated carbocycles. The van der Waals surface area contributed by atoms with E-state index in [0.717, 1.165) is 0 Å². The third-order valence-electron chi connectivity index (χ3n) is 11.7. The lowest BCUT2D eigenvalue weighted by Gasteiger charge is -2.46. The van der Waals surface area contributed by atoms with Crippen LogP contribution in [0.2, 0.25) is 0 Å². The Bertz CT molecular complexity index is 2600. The minimum atomic E-state index is -10.1. The average Bonchev–Trinajstić information content (AvgIpc) is 0.690. The van der Waals surface area contributed by atoms with E-state index in [1.165, 1.54) is 0 Å². The van der Waals surface area contributed by atoms with E-state index in [9.17, 15) is 257 Å². The summed E-state index contributed by atoms with van der Waals surface area (Å²) in [5.41, 5.74) is 0. The molecular weight excluding hydrogens is 1550 g/mol. The van der Waals surface area contributed by atoms with Crippen LogP contribution < -0.4 is 0 Å². The quantitative estimate of drug-likeness (QED) is 0.0396. The first-order valence-electron chi connectivity index (χ1n) is 21.4. The Morgan fingerprint density at radius 3 is 0.458 bits per heavy atom. The molecule has 0 amide bonds. The number of halogens is 54. The molecule has 2 unspecified atom stereocenters. The Hall–Kier alpha value is -5.18. The van der Waals surface area contributed by atoms with Crippen LogP contribution in [0, 0.1) is 0 Å². The van der Waals surface area contributed by atoms with Crippen LogP contribution in [0.4, 0.5) is 237 Å². The van der Waals surface area contributed by atoms with Gasteiger partial charge < -0.3 is 19.7 Å². The van der Waals surface area contributed by atoms with Gasteiger partial charge in [-0.05, 0) is 0 Å². The molecule has 0 fully saturated rings. The van der Waals surface area contributed by atoms with Crippen LogP contribution in [0.5, 0.6) is 0 Å². The van der Waals surface area contributed by atoms with Gasteiger partial charge in [0.1, 0.15) is 13.2 Å². The van der Waals surface area contributed by atoms with Crippen molar-refractivity contribution in [3.63, 3.8) is 0 Å². The van der Waals surface area contributed by atoms with E-state index in [-0.39, 0.29) is 0 Å². The minimum absolute atomic E-state index is 0.833. The predicted molar refractivity (Wildman–Crippen MR) is 183 cm³/mol. The number of rotatable bonds is 32. The van der Waals surface area contributed by atoms with E-state index in [2.05, 4.69) is 9.47 Å². The zero-order chi connectivity index (χ0) is 79.0. The second-order valence-corrected chi connectivity index (χ2v) is 18.4. The van der Waals surface area contributed by atoms with Crippen molar-refractivity contribution in [3.8, 4) is 0 Å². The smallest absolute Gasteiger partial charge is 0.460 e. The van der Waals surface area contributed by atoms with Crippen molar-refractivity contribution in [2.45, 2.75) is 180 Å². The topological polar surface area (TPSA) is 93.1 Å². The highest BCUT2D eigenvalue weighted by atomic mass is 19.5. The molecule has 0 aliphatic carbocycles. The second kappa shape index (κ2) is 24.3. The first kappa shape index (κ1) is 90.8. The summed E-state index contributed by atoms with van der Waals surface area (Å²) in [7, 11) is 0. The van der Waals surface area contributed by atoms with Crippen molar-refractivity contribution >= 4 is 11.9 Å². The highest BCUT2D eigenvalue weighted by Gasteiger charge is 3.03. The van der Waals surface area contributed by atoms with Crippen molar-refractivity contribution in [2.75, 3.05) is 13.2 Å². The van der Waals surface area contributed by atoms with Crippen LogP contribution in [0.25, 0.3) is 0 Å². The molecule has 60 heteroatoms. The molecule has 0 spiro atoms. The number of ether oxygens (including phenoxy) is 2. The summed E-state index contributed by atoms with van der Waals surface area (Å²) in [5, 5.41) is 18.6. The fraction of sp³-hybridized carbons (Fsp3) is 0.889. The first-order valence-corrected chi connectivity index (χ1v) is 21.4. The minimum Gasteiger partial charge on any atom is -0.460 e. The highest BCUT2D eigenvalue weighted by Crippen LogP contribution is 2.72. The SMILES string of the molecule is O=C(/C=C\C(=O)OCC(O)CC(F)(F)C(F)(F)C(F)(F)C(F)(F)C(F)(F)C(F)(F)C(F)(F)C(F)(F)C(F)(F)C(F)(F)C(F)(F)C(F)(F)C(F)(F)F)OCC(O)CC(F)(F)C(F)(F)C(F)(F)C(F)(F)C(F)(F)C(F)(F)C(F)(F)C(F)(F)C(F)(F)C(F)(F)C(F)(F)C(F)(F)C(F)(F)F. The van der Waals surface area contributed by atoms with Gasteiger partial charge in [0, 0.05) is 25.0 Å². The fourth-order valence-electron chi connectivity index (χ4n) is 5.92. The molecule has 572 valence electrons. The van der Waals surface area contributed by atoms with Gasteiger partial charge in [0.05, 0.1) is 12.2 Å². The molecule has 0 aromatic carbocycles. The van der Waals surface area contributed by atoms with Crippen LogP contribution in [-0.4, -0.2) is 202 Å². The molecule has 0 aliphatic heterocycles. The number of alkyl halides is 54. The van der Waals surface area contributed by atoms with E-state index in [1.54, 1.807) is 0 Å². The van der Waals surface area contributed by atoms with Gasteiger partial charge in [0.25, 0.3) is 0 Å². The summed E-state index contributed by atoms with van der Waals surface area (Å²) >= 11 is 0. The summed E-state index contributed by atoms with van der Waals surface area (Å²) in [4.78, 5) is 23.2. The molecule has 0 radical (unpaired) electrons. The number of esters is 2. The number of aliphatic hydroxyl groups excluding tert-OH is 2. The van der Waals surface area contributed by atoms with Gasteiger partial charge >= 0.3 is 166 Å². The van der Waals surface area contributed by atoms with E-state index < -0.39 is 217 Å². The average molecular weight is 1570 g/mol. The lowest BCUT2D eigenvalue weighted by Crippen LogP contribution is -2.78. The fourth-order valence-corrected chi connectivity index (χ4v) is 5.92. The Kier molecular flexibility index (Phi) is 23.0. The van der Waals surface area contributed by atoms with Crippen LogP contribution in [0.15, 0.2) is 12.2 Å². The summed E-state index contributed by atoms with van der Waals surface area (Å²) < 4.78 is 747. The normalized spacial score (nSPS) is 17.3. The van der Waals surface area contributed by atoms with Crippen molar-refractivity contribution < 1.29 is 266 Å². The molecule has 2 atom stereocenters. The summed E-state index contributed by atoms with van der Waals surface area (Å²) in [6.07, 6.45) is -35.0. The van der Waals surface area contributed by atoms with E-state index in [4.69, 9.17) is 0 Å². The van der Waals surface area contributed by atoms with Gasteiger partial charge in [0.15, 0.2) is 0 Å². The van der Waals surface area contributed by atoms with E-state index in [1.807, 2.05) is 0 Å². The molecular formula is C36H14F54O6. The van der Waals surface area contributed by atoms with E-state index >= 15 is 0 Å². The number of aliphatic hydroxyl groups is 2. The summed E-state index contributed by atoms with van der Waals surface area (Å²) in [6.45, 7) is -5.54. The number of hydrogen-bond acceptors (Lipinski definition) is 6. The Labute approximate surface area is 484 Å². The molecule has 0 bridgehead atoms. The summed E-state index contributed by atoms with van der Waals surface area (Å²) in [6, 6.07) is 0. The van der Waals surface area contributed by atoms with Gasteiger partial charge in [-0.15, -0.1) is 0 Å². The van der Waals surface area contributed by atoms with Crippen LogP contribution in [0.3, 0.4) is 0 Å². The third kappa shape index (κ3) is 12.3. The van der Waals surface area contributed by atoms with Crippen molar-refractivity contribution in [1.29, 1.82) is 0 Å². The highest BCUT2D eigenvalue weighted by molar-refractivity contribution is 5.91. The zero-order valence-corrected chi connectivity index (χ0v) is 42.1. The Balaban J connectivity index is 6.65. The largest absolute Gasteiger partial charge is 0.460 e. The zero-order valence-electron chi connectivity index (χ0n) is 42.1. The number of hydrogen-bond donors (Lipinski definition) is 2. The van der Waals surface area contributed by atoms with Gasteiger partial charge in [0.2, 0.25) is 0 Å². The Morgan fingerprint density at radius 2 is 0.333 bits per heavy atom. The number of carbonyl (C=O) groups excluding carboxylic acids is 2. The predicted octanol–water partition coefficient (Wildman–Crippen LogP) is 16.5. The Morgan fingerprint density at radius 1 is 0.219 bits per heavy atom. The molecule has 96 heavy (non-hydrogen) atoms. The molecule has 0 aromatic rings. The van der Waals surface area contributed by atoms with Gasteiger partial charge in [-0.2, -0.15) is 237 Å². The molecule has 0 rings (SSSR count). The molecule has 6 nitrogen and oxygen atoms in total. The lowest BCUT2D eigenvalue weighted by molar-refractivity contribution is -0.485. The van der Waals surface area contributed by atoms with Crippen LogP contribution in [0.1, 0.15) is 12.8 Å². The lowest BCUT2D eigenvalue weighted by atomic mass is 9.83. The van der Waals surface area contributed by atoms with Crippen LogP contribution >= 0.6 is 0 Å². The van der Waals surface area contributed by atoms with Crippen LogP contribution in [-0.2, 0) is 19.1 Å². The van der Waals surface area contributed by atoms with Crippen molar-refractivity contribution in [1.82, 2.24) is 0 Å². The van der Waals surface area contributed by atoms with Gasteiger partial charge in [-0.1, -0.05) is 0 Å².